The minimum atomic E-state index is -0.111. The standard InChI is InChI=1S/C17H14O3/c1-11-3-5-12(6-4-11)17(18)16-9-13-7-8-14(19-2)10-15(13)20-16/h3-10H,1-2H3. The number of hydrogen-bond acceptors (Lipinski definition) is 3. The summed E-state index contributed by atoms with van der Waals surface area (Å²) in [6.45, 7) is 1.99. The molecule has 1 heterocycles. The molecule has 3 nitrogen and oxygen atoms in total. The van der Waals surface area contributed by atoms with Gasteiger partial charge in [0.15, 0.2) is 5.76 Å². The van der Waals surface area contributed by atoms with Gasteiger partial charge in [0.1, 0.15) is 11.3 Å². The Morgan fingerprint density at radius 2 is 1.80 bits per heavy atom. The van der Waals surface area contributed by atoms with Gasteiger partial charge in [-0.05, 0) is 25.1 Å². The highest BCUT2D eigenvalue weighted by Crippen LogP contribution is 2.25. The first-order valence-corrected chi connectivity index (χ1v) is 6.36. The molecular weight excluding hydrogens is 252 g/mol. The molecule has 0 saturated carbocycles. The van der Waals surface area contributed by atoms with Crippen molar-refractivity contribution >= 4 is 16.8 Å². The lowest BCUT2D eigenvalue weighted by atomic mass is 10.1. The van der Waals surface area contributed by atoms with Crippen molar-refractivity contribution in [3.8, 4) is 5.75 Å². The number of aryl methyl sites for hydroxylation is 1. The molecule has 0 aliphatic carbocycles. The van der Waals surface area contributed by atoms with E-state index >= 15 is 0 Å². The quantitative estimate of drug-likeness (QED) is 0.673. The van der Waals surface area contributed by atoms with Crippen LogP contribution in [-0.4, -0.2) is 12.9 Å². The Labute approximate surface area is 116 Å². The number of furan rings is 1. The van der Waals surface area contributed by atoms with E-state index in [4.69, 9.17) is 9.15 Å². The van der Waals surface area contributed by atoms with Crippen molar-refractivity contribution in [2.75, 3.05) is 7.11 Å². The summed E-state index contributed by atoms with van der Waals surface area (Å²) in [5.74, 6) is 0.943. The molecule has 0 atom stereocenters. The van der Waals surface area contributed by atoms with Crippen LogP contribution in [0.25, 0.3) is 11.0 Å². The van der Waals surface area contributed by atoms with Crippen LogP contribution in [-0.2, 0) is 0 Å². The van der Waals surface area contributed by atoms with Crippen molar-refractivity contribution in [3.05, 3.63) is 65.4 Å². The van der Waals surface area contributed by atoms with E-state index < -0.39 is 0 Å². The maximum absolute atomic E-state index is 12.4. The number of fused-ring (bicyclic) bond motifs is 1. The monoisotopic (exact) mass is 266 g/mol. The predicted molar refractivity (Wildman–Crippen MR) is 77.4 cm³/mol. The summed E-state index contributed by atoms with van der Waals surface area (Å²) >= 11 is 0. The zero-order valence-electron chi connectivity index (χ0n) is 11.3. The van der Waals surface area contributed by atoms with E-state index in [0.29, 0.717) is 22.7 Å². The summed E-state index contributed by atoms with van der Waals surface area (Å²) in [6.07, 6.45) is 0. The van der Waals surface area contributed by atoms with Gasteiger partial charge in [-0.15, -0.1) is 0 Å². The van der Waals surface area contributed by atoms with Crippen LogP contribution in [0.15, 0.2) is 52.9 Å². The van der Waals surface area contributed by atoms with Crippen LogP contribution in [0, 0.1) is 6.92 Å². The van der Waals surface area contributed by atoms with Gasteiger partial charge < -0.3 is 9.15 Å². The molecule has 0 aliphatic rings. The number of ketones is 1. The van der Waals surface area contributed by atoms with Gasteiger partial charge in [-0.3, -0.25) is 4.79 Å². The summed E-state index contributed by atoms with van der Waals surface area (Å²) in [4.78, 5) is 12.4. The SMILES string of the molecule is COc1ccc2cc(C(=O)c3ccc(C)cc3)oc2c1. The molecule has 0 bridgehead atoms. The normalized spacial score (nSPS) is 10.7. The number of methoxy groups -OCH3 is 1. The second kappa shape index (κ2) is 4.85. The first-order valence-electron chi connectivity index (χ1n) is 6.36. The topological polar surface area (TPSA) is 39.4 Å². The predicted octanol–water partition coefficient (Wildman–Crippen LogP) is 3.98. The maximum atomic E-state index is 12.4. The molecule has 100 valence electrons. The molecule has 0 fully saturated rings. The third-order valence-electron chi connectivity index (χ3n) is 3.26. The Balaban J connectivity index is 2.01. The van der Waals surface area contributed by atoms with Gasteiger partial charge in [0.25, 0.3) is 0 Å². The zero-order chi connectivity index (χ0) is 14.1. The molecule has 3 rings (SSSR count). The highest BCUT2D eigenvalue weighted by molar-refractivity contribution is 6.09. The van der Waals surface area contributed by atoms with Gasteiger partial charge in [0.2, 0.25) is 5.78 Å². The van der Waals surface area contributed by atoms with Crippen LogP contribution in [0.4, 0.5) is 0 Å². The molecule has 2 aromatic carbocycles. The van der Waals surface area contributed by atoms with E-state index in [2.05, 4.69) is 0 Å². The molecule has 0 unspecified atom stereocenters. The fourth-order valence-electron chi connectivity index (χ4n) is 2.10. The van der Waals surface area contributed by atoms with E-state index in [9.17, 15) is 4.79 Å². The highest BCUT2D eigenvalue weighted by Gasteiger charge is 2.14. The minimum absolute atomic E-state index is 0.111. The fourth-order valence-corrected chi connectivity index (χ4v) is 2.10. The van der Waals surface area contributed by atoms with Crippen molar-refractivity contribution in [3.63, 3.8) is 0 Å². The first kappa shape index (κ1) is 12.5. The molecule has 0 radical (unpaired) electrons. The van der Waals surface area contributed by atoms with Crippen LogP contribution in [0.1, 0.15) is 21.7 Å². The average Bonchev–Trinajstić information content (AvgIpc) is 2.90. The summed E-state index contributed by atoms with van der Waals surface area (Å²) < 4.78 is 10.8. The Kier molecular flexibility index (Phi) is 3.03. The molecular formula is C17H14O3. The van der Waals surface area contributed by atoms with Gasteiger partial charge >= 0.3 is 0 Å². The van der Waals surface area contributed by atoms with Gasteiger partial charge in [-0.1, -0.05) is 29.8 Å². The lowest BCUT2D eigenvalue weighted by molar-refractivity contribution is 0.101. The lowest BCUT2D eigenvalue weighted by Gasteiger charge is -1.98. The number of carbonyl (C=O) groups excluding carboxylic acids is 1. The molecule has 0 spiro atoms. The molecule has 0 amide bonds. The highest BCUT2D eigenvalue weighted by atomic mass is 16.5. The Morgan fingerprint density at radius 1 is 1.05 bits per heavy atom. The van der Waals surface area contributed by atoms with Crippen LogP contribution in [0.2, 0.25) is 0 Å². The molecule has 3 heteroatoms. The number of rotatable bonds is 3. The van der Waals surface area contributed by atoms with Gasteiger partial charge in [-0.2, -0.15) is 0 Å². The third kappa shape index (κ3) is 2.18. The number of ether oxygens (including phenoxy) is 1. The van der Waals surface area contributed by atoms with E-state index in [1.165, 1.54) is 0 Å². The van der Waals surface area contributed by atoms with Crippen molar-refractivity contribution in [1.82, 2.24) is 0 Å². The van der Waals surface area contributed by atoms with E-state index in [1.807, 2.05) is 43.3 Å². The number of carbonyl (C=O) groups is 1. The molecule has 0 saturated heterocycles. The first-order chi connectivity index (χ1) is 9.67. The van der Waals surface area contributed by atoms with Gasteiger partial charge in [-0.25, -0.2) is 0 Å². The smallest absolute Gasteiger partial charge is 0.228 e. The largest absolute Gasteiger partial charge is 0.497 e. The summed E-state index contributed by atoms with van der Waals surface area (Å²) in [5, 5.41) is 0.890. The Hall–Kier alpha value is -2.55. The van der Waals surface area contributed by atoms with Crippen molar-refractivity contribution in [2.24, 2.45) is 0 Å². The second-order valence-electron chi connectivity index (χ2n) is 4.71. The Morgan fingerprint density at radius 3 is 2.50 bits per heavy atom. The molecule has 3 aromatic rings. The van der Waals surface area contributed by atoms with Crippen molar-refractivity contribution in [2.45, 2.75) is 6.92 Å². The van der Waals surface area contributed by atoms with E-state index in [-0.39, 0.29) is 5.78 Å². The zero-order valence-corrected chi connectivity index (χ0v) is 11.3. The summed E-state index contributed by atoms with van der Waals surface area (Å²) in [6, 6.07) is 14.7. The average molecular weight is 266 g/mol. The third-order valence-corrected chi connectivity index (χ3v) is 3.26. The Bertz CT molecular complexity index is 767. The minimum Gasteiger partial charge on any atom is -0.497 e. The van der Waals surface area contributed by atoms with E-state index in [0.717, 1.165) is 10.9 Å². The number of benzene rings is 2. The van der Waals surface area contributed by atoms with Crippen molar-refractivity contribution in [1.29, 1.82) is 0 Å². The molecule has 0 aliphatic heterocycles. The second-order valence-corrected chi connectivity index (χ2v) is 4.71. The van der Waals surface area contributed by atoms with Crippen LogP contribution in [0.5, 0.6) is 5.75 Å². The lowest BCUT2D eigenvalue weighted by Crippen LogP contribution is -1.98. The van der Waals surface area contributed by atoms with Crippen LogP contribution >= 0.6 is 0 Å². The van der Waals surface area contributed by atoms with Gasteiger partial charge in [0, 0.05) is 17.0 Å². The molecule has 1 aromatic heterocycles. The fraction of sp³-hybridized carbons (Fsp3) is 0.118. The van der Waals surface area contributed by atoms with Crippen molar-refractivity contribution < 1.29 is 13.9 Å². The van der Waals surface area contributed by atoms with Gasteiger partial charge in [0.05, 0.1) is 7.11 Å². The van der Waals surface area contributed by atoms with E-state index in [1.54, 1.807) is 19.2 Å². The summed E-state index contributed by atoms with van der Waals surface area (Å²) in [5.41, 5.74) is 2.40. The maximum Gasteiger partial charge on any atom is 0.228 e. The van der Waals surface area contributed by atoms with Crippen LogP contribution in [0.3, 0.4) is 0 Å². The molecule has 0 N–H and O–H groups in total. The van der Waals surface area contributed by atoms with Crippen LogP contribution < -0.4 is 4.74 Å². The molecule has 20 heavy (non-hydrogen) atoms. The summed E-state index contributed by atoms with van der Waals surface area (Å²) in [7, 11) is 1.60. The number of hydrogen-bond donors (Lipinski definition) is 0.